The predicted octanol–water partition coefficient (Wildman–Crippen LogP) is 10.2. The molecule has 0 saturated carbocycles. The predicted molar refractivity (Wildman–Crippen MR) is 274 cm³/mol. The van der Waals surface area contributed by atoms with Crippen molar-refractivity contribution in [3.05, 3.63) is 178 Å². The van der Waals surface area contributed by atoms with Gasteiger partial charge in [-0.3, -0.25) is 0 Å². The second-order valence-electron chi connectivity index (χ2n) is 19.0. The zero-order valence-electron chi connectivity index (χ0n) is 40.4. The summed E-state index contributed by atoms with van der Waals surface area (Å²) in [7, 11) is 16.3. The number of hydrogen-bond acceptors (Lipinski definition) is 10. The second kappa shape index (κ2) is 18.4. The van der Waals surface area contributed by atoms with Crippen LogP contribution in [0.15, 0.2) is 133 Å². The van der Waals surface area contributed by atoms with Gasteiger partial charge >= 0.3 is 11.9 Å². The largest absolute Gasteiger partial charge is 0.440 e. The molecule has 2 unspecified atom stereocenters. The van der Waals surface area contributed by atoms with Crippen molar-refractivity contribution in [1.82, 2.24) is 0 Å². The molecule has 0 aromatic heterocycles. The Bertz CT molecular complexity index is 2760. The highest BCUT2D eigenvalue weighted by Crippen LogP contribution is 2.52. The Balaban J connectivity index is 0.000000168. The number of carbonyl (C=O) groups is 2. The smallest absolute Gasteiger partial charge is 0.340 e. The molecule has 0 spiro atoms. The van der Waals surface area contributed by atoms with Gasteiger partial charge in [-0.25, -0.2) is 9.59 Å². The van der Waals surface area contributed by atoms with Crippen molar-refractivity contribution in [3.63, 3.8) is 0 Å². The molecule has 6 aromatic carbocycles. The zero-order valence-corrected chi connectivity index (χ0v) is 40.4. The molecule has 10 nitrogen and oxygen atoms in total. The first kappa shape index (κ1) is 45.2. The van der Waals surface area contributed by atoms with Gasteiger partial charge in [-0.15, -0.1) is 0 Å². The third-order valence-electron chi connectivity index (χ3n) is 14.0. The first-order valence-electron chi connectivity index (χ1n) is 23.7. The van der Waals surface area contributed by atoms with E-state index in [4.69, 9.17) is 9.47 Å². The van der Waals surface area contributed by atoms with Crippen molar-refractivity contribution in [2.24, 2.45) is 0 Å². The van der Waals surface area contributed by atoms with Gasteiger partial charge in [0.1, 0.15) is 0 Å². The summed E-state index contributed by atoms with van der Waals surface area (Å²) >= 11 is 0. The lowest BCUT2D eigenvalue weighted by atomic mass is 9.78. The lowest BCUT2D eigenvalue weighted by molar-refractivity contribution is 0.0244. The Kier molecular flexibility index (Phi) is 12.4. The lowest BCUT2D eigenvalue weighted by Crippen LogP contribution is -2.32. The normalized spacial score (nSPS) is 19.5. The van der Waals surface area contributed by atoms with Crippen molar-refractivity contribution in [2.75, 3.05) is 112 Å². The summed E-state index contributed by atoms with van der Waals surface area (Å²) < 4.78 is 12.7. The quantitative estimate of drug-likeness (QED) is 0.124. The van der Waals surface area contributed by atoms with E-state index < -0.39 is 11.2 Å². The molecule has 346 valence electrons. The molecule has 2 fully saturated rings. The molecule has 0 aliphatic carbocycles. The molecule has 4 aliphatic heterocycles. The molecular weight excluding hydrogens is 833 g/mol. The molecule has 10 heteroatoms. The Labute approximate surface area is 396 Å². The number of ether oxygens (including phenoxy) is 2. The average molecular weight is 897 g/mol. The van der Waals surface area contributed by atoms with Gasteiger partial charge in [0, 0.05) is 150 Å². The number of piperidine rings is 1. The molecule has 6 aromatic rings. The summed E-state index contributed by atoms with van der Waals surface area (Å²) in [5, 5.41) is 0. The molecule has 10 rings (SSSR count). The maximum Gasteiger partial charge on any atom is 0.340 e. The molecule has 67 heavy (non-hydrogen) atoms. The van der Waals surface area contributed by atoms with E-state index in [1.54, 1.807) is 0 Å². The van der Waals surface area contributed by atoms with E-state index in [1.165, 1.54) is 43.5 Å². The number of cyclic esters (lactones) is 2. The van der Waals surface area contributed by atoms with Crippen molar-refractivity contribution in [1.29, 1.82) is 0 Å². The number of hydrogen-bond donors (Lipinski definition) is 0. The minimum Gasteiger partial charge on any atom is -0.440 e. The Hall–Kier alpha value is -6.94. The van der Waals surface area contributed by atoms with Gasteiger partial charge in [0.05, 0.1) is 11.1 Å². The number of rotatable bonds is 10. The molecule has 4 aliphatic rings. The fourth-order valence-corrected chi connectivity index (χ4v) is 10.4. The van der Waals surface area contributed by atoms with Gasteiger partial charge < -0.3 is 38.9 Å². The standard InChI is InChI=1S/C29H33N3O2.C28H31N3O2/c1-30(2)23-16-17-26(27(20-23)31(3)4)29(25-11-7-6-10-24(25)28(33)34-29)21-12-14-22(15-13-21)32-18-8-5-9-19-32;1-29(2)22-15-16-25(26(19-22)30(3)4)28(24-10-6-5-9-23(24)27(32)33-28)20-11-13-21(14-12-20)31-17-7-8-18-31/h6-7,10-17,20H,5,8-9,18-19H2,1-4H3;5-6,9-16,19H,7-8,17-18H2,1-4H3. The molecule has 0 N–H and O–H groups in total. The highest BCUT2D eigenvalue weighted by Gasteiger charge is 2.51. The van der Waals surface area contributed by atoms with Gasteiger partial charge in [0.2, 0.25) is 0 Å². The number of nitrogens with zero attached hydrogens (tertiary/aromatic N) is 6. The number of anilines is 6. The van der Waals surface area contributed by atoms with Gasteiger partial charge in [-0.05, 0) is 92.8 Å². The van der Waals surface area contributed by atoms with Crippen LogP contribution in [0.5, 0.6) is 0 Å². The molecule has 0 amide bonds. The maximum atomic E-state index is 13.1. The number of carbonyl (C=O) groups excluding carboxylic acids is 2. The molecular formula is C57H64N6O4. The van der Waals surface area contributed by atoms with Crippen LogP contribution in [0.1, 0.15) is 86.2 Å². The molecule has 2 saturated heterocycles. The van der Waals surface area contributed by atoms with Gasteiger partial charge in [0.25, 0.3) is 0 Å². The zero-order chi connectivity index (χ0) is 47.0. The van der Waals surface area contributed by atoms with Crippen molar-refractivity contribution >= 4 is 46.1 Å². The van der Waals surface area contributed by atoms with Crippen molar-refractivity contribution < 1.29 is 19.1 Å². The summed E-state index contributed by atoms with van der Waals surface area (Å²) in [6, 6.07) is 45.5. The van der Waals surface area contributed by atoms with Crippen molar-refractivity contribution in [2.45, 2.75) is 43.3 Å². The maximum absolute atomic E-state index is 13.1. The molecule has 0 radical (unpaired) electrons. The van der Waals surface area contributed by atoms with Crippen LogP contribution < -0.4 is 29.4 Å². The third-order valence-corrected chi connectivity index (χ3v) is 14.0. The minimum absolute atomic E-state index is 0.280. The highest BCUT2D eigenvalue weighted by atomic mass is 16.6. The van der Waals surface area contributed by atoms with Gasteiger partial charge in [-0.2, -0.15) is 0 Å². The van der Waals surface area contributed by atoms with Crippen LogP contribution in [0.3, 0.4) is 0 Å². The fourth-order valence-electron chi connectivity index (χ4n) is 10.4. The average Bonchev–Trinajstić information content (AvgIpc) is 4.08. The summed E-state index contributed by atoms with van der Waals surface area (Å²) in [5.74, 6) is -0.562. The fraction of sp³-hybridized carbons (Fsp3) is 0.333. The summed E-state index contributed by atoms with van der Waals surface area (Å²) in [4.78, 5) is 39.5. The van der Waals surface area contributed by atoms with E-state index in [1.807, 2.05) is 105 Å². The van der Waals surface area contributed by atoms with E-state index in [2.05, 4.69) is 114 Å². The van der Waals surface area contributed by atoms with Crippen LogP contribution in [-0.2, 0) is 20.7 Å². The van der Waals surface area contributed by atoms with Crippen LogP contribution in [0.25, 0.3) is 0 Å². The summed E-state index contributed by atoms with van der Waals surface area (Å²) in [5.41, 5.74) is 11.6. The second-order valence-corrected chi connectivity index (χ2v) is 19.0. The van der Waals surface area contributed by atoms with E-state index >= 15 is 0 Å². The van der Waals surface area contributed by atoms with Crippen LogP contribution in [0, 0.1) is 0 Å². The van der Waals surface area contributed by atoms with Gasteiger partial charge in [0.15, 0.2) is 11.2 Å². The van der Waals surface area contributed by atoms with E-state index in [-0.39, 0.29) is 11.9 Å². The minimum atomic E-state index is -1.00. The van der Waals surface area contributed by atoms with Gasteiger partial charge in [-0.1, -0.05) is 72.8 Å². The molecule has 2 atom stereocenters. The Morgan fingerprint density at radius 3 is 1.12 bits per heavy atom. The monoisotopic (exact) mass is 896 g/mol. The van der Waals surface area contributed by atoms with E-state index in [9.17, 15) is 9.59 Å². The Morgan fingerprint density at radius 1 is 0.403 bits per heavy atom. The van der Waals surface area contributed by atoms with Crippen LogP contribution in [0.4, 0.5) is 34.1 Å². The molecule has 0 bridgehead atoms. The highest BCUT2D eigenvalue weighted by molar-refractivity contribution is 5.98. The first-order chi connectivity index (χ1) is 32.3. The van der Waals surface area contributed by atoms with Crippen LogP contribution >= 0.6 is 0 Å². The summed E-state index contributed by atoms with van der Waals surface area (Å²) in [6.45, 7) is 4.39. The third kappa shape index (κ3) is 8.10. The Morgan fingerprint density at radius 2 is 0.761 bits per heavy atom. The van der Waals surface area contributed by atoms with Crippen LogP contribution in [0.2, 0.25) is 0 Å². The lowest BCUT2D eigenvalue weighted by Gasteiger charge is -2.35. The number of esters is 2. The first-order valence-corrected chi connectivity index (χ1v) is 23.7. The molecule has 4 heterocycles. The van der Waals surface area contributed by atoms with E-state index in [0.717, 1.165) is 82.3 Å². The SMILES string of the molecule is CN(C)c1ccc(C2(c3ccc(N4CCCC4)cc3)OC(=O)c3ccccc32)c(N(C)C)c1.CN(C)c1ccc(C2(c3ccc(N4CCCCC4)cc3)OC(=O)c3ccccc32)c(N(C)C)c1. The van der Waals surface area contributed by atoms with Crippen LogP contribution in [-0.4, -0.2) is 94.5 Å². The number of fused-ring (bicyclic) bond motifs is 2. The van der Waals surface area contributed by atoms with E-state index in [0.29, 0.717) is 11.1 Å². The summed E-state index contributed by atoms with van der Waals surface area (Å²) in [6.07, 6.45) is 6.26. The topological polar surface area (TPSA) is 72.0 Å². The van der Waals surface area contributed by atoms with Crippen molar-refractivity contribution in [3.8, 4) is 0 Å². The number of benzene rings is 6.